The first-order chi connectivity index (χ1) is 7.67. The van der Waals surface area contributed by atoms with Crippen LogP contribution in [-0.2, 0) is 16.1 Å². The van der Waals surface area contributed by atoms with Crippen LogP contribution in [0.1, 0.15) is 12.0 Å². The molecule has 1 N–H and O–H groups in total. The molecule has 0 fully saturated rings. The zero-order valence-corrected chi connectivity index (χ0v) is 10.8. The lowest BCUT2D eigenvalue weighted by Crippen LogP contribution is -2.21. The number of hydrogen-bond acceptors (Lipinski definition) is 3. The summed E-state index contributed by atoms with van der Waals surface area (Å²) in [6, 6.07) is 5.75. The SMILES string of the molecule is CONC(=O)CCc1ccc(OC)c(Br)c1. The minimum atomic E-state index is -0.130. The molecule has 0 spiro atoms. The normalized spacial score (nSPS) is 9.94. The number of benzene rings is 1. The van der Waals surface area contributed by atoms with Gasteiger partial charge in [-0.1, -0.05) is 6.07 Å². The van der Waals surface area contributed by atoms with Gasteiger partial charge in [-0.2, -0.15) is 0 Å². The smallest absolute Gasteiger partial charge is 0.243 e. The number of carbonyl (C=O) groups excluding carboxylic acids is 1. The molecule has 0 atom stereocenters. The van der Waals surface area contributed by atoms with Gasteiger partial charge in [0.25, 0.3) is 0 Å². The van der Waals surface area contributed by atoms with E-state index < -0.39 is 0 Å². The standard InChI is InChI=1S/C11H14BrNO3/c1-15-10-5-3-8(7-9(10)12)4-6-11(14)13-16-2/h3,5,7H,4,6H2,1-2H3,(H,13,14). The van der Waals surface area contributed by atoms with Crippen molar-refractivity contribution in [2.24, 2.45) is 0 Å². The first kappa shape index (κ1) is 13.0. The Morgan fingerprint density at radius 2 is 2.19 bits per heavy atom. The van der Waals surface area contributed by atoms with Gasteiger partial charge < -0.3 is 4.74 Å². The molecule has 0 radical (unpaired) electrons. The Labute approximate surface area is 103 Å². The van der Waals surface area contributed by atoms with E-state index in [4.69, 9.17) is 4.74 Å². The quantitative estimate of drug-likeness (QED) is 0.844. The van der Waals surface area contributed by atoms with E-state index in [-0.39, 0.29) is 5.91 Å². The molecule has 1 rings (SSSR count). The average Bonchev–Trinajstić information content (AvgIpc) is 2.27. The lowest BCUT2D eigenvalue weighted by atomic mass is 10.1. The van der Waals surface area contributed by atoms with Crippen molar-refractivity contribution >= 4 is 21.8 Å². The molecule has 4 nitrogen and oxygen atoms in total. The maximum atomic E-state index is 11.2. The molecule has 0 aliphatic rings. The molecule has 0 saturated carbocycles. The first-order valence-corrected chi connectivity index (χ1v) is 5.61. The number of hydroxylamine groups is 1. The van der Waals surface area contributed by atoms with Gasteiger partial charge in [0, 0.05) is 6.42 Å². The highest BCUT2D eigenvalue weighted by molar-refractivity contribution is 9.10. The molecule has 0 saturated heterocycles. The van der Waals surface area contributed by atoms with E-state index in [1.54, 1.807) is 7.11 Å². The van der Waals surface area contributed by atoms with Crippen LogP contribution in [0.5, 0.6) is 5.75 Å². The van der Waals surface area contributed by atoms with Gasteiger partial charge in [-0.15, -0.1) is 0 Å². The number of rotatable bonds is 5. The number of hydrogen-bond donors (Lipinski definition) is 1. The van der Waals surface area contributed by atoms with Crippen LogP contribution in [0.15, 0.2) is 22.7 Å². The summed E-state index contributed by atoms with van der Waals surface area (Å²) in [5.74, 6) is 0.652. The van der Waals surface area contributed by atoms with E-state index in [0.29, 0.717) is 12.8 Å². The van der Waals surface area contributed by atoms with Crippen LogP contribution in [0.4, 0.5) is 0 Å². The van der Waals surface area contributed by atoms with Crippen LogP contribution < -0.4 is 10.2 Å². The first-order valence-electron chi connectivity index (χ1n) is 4.81. The minimum absolute atomic E-state index is 0.130. The summed E-state index contributed by atoms with van der Waals surface area (Å²) in [6.45, 7) is 0. The molecule has 1 aromatic rings. The summed E-state index contributed by atoms with van der Waals surface area (Å²) >= 11 is 3.39. The zero-order valence-electron chi connectivity index (χ0n) is 9.25. The topological polar surface area (TPSA) is 47.6 Å². The Kier molecular flexibility index (Phi) is 5.28. The van der Waals surface area contributed by atoms with E-state index in [1.807, 2.05) is 18.2 Å². The van der Waals surface area contributed by atoms with Gasteiger partial charge in [-0.25, -0.2) is 5.48 Å². The third kappa shape index (κ3) is 3.83. The van der Waals surface area contributed by atoms with Gasteiger partial charge >= 0.3 is 0 Å². The van der Waals surface area contributed by atoms with Gasteiger partial charge in [-0.05, 0) is 40.0 Å². The summed E-state index contributed by atoms with van der Waals surface area (Å²) < 4.78 is 6.01. The van der Waals surface area contributed by atoms with Crippen LogP contribution in [0.25, 0.3) is 0 Å². The molecule has 0 aliphatic carbocycles. The Morgan fingerprint density at radius 1 is 1.44 bits per heavy atom. The van der Waals surface area contributed by atoms with Crippen LogP contribution in [-0.4, -0.2) is 20.1 Å². The molecule has 0 heterocycles. The molecule has 0 aliphatic heterocycles. The Balaban J connectivity index is 2.55. The Bertz CT molecular complexity index is 368. The molecule has 88 valence electrons. The summed E-state index contributed by atoms with van der Waals surface area (Å²) in [7, 11) is 3.04. The number of ether oxygens (including phenoxy) is 1. The van der Waals surface area contributed by atoms with Gasteiger partial charge in [0.15, 0.2) is 0 Å². The molecular formula is C11H14BrNO3. The molecule has 0 unspecified atom stereocenters. The van der Waals surface area contributed by atoms with Crippen LogP contribution >= 0.6 is 15.9 Å². The van der Waals surface area contributed by atoms with Gasteiger partial charge in [-0.3, -0.25) is 9.63 Å². The molecule has 0 aromatic heterocycles. The number of carbonyl (C=O) groups is 1. The second-order valence-corrected chi connectivity index (χ2v) is 4.05. The van der Waals surface area contributed by atoms with Crippen molar-refractivity contribution in [3.63, 3.8) is 0 Å². The van der Waals surface area contributed by atoms with E-state index in [2.05, 4.69) is 26.2 Å². The molecule has 1 aromatic carbocycles. The summed E-state index contributed by atoms with van der Waals surface area (Å²) in [5, 5.41) is 0. The lowest BCUT2D eigenvalue weighted by Gasteiger charge is -2.06. The van der Waals surface area contributed by atoms with Crippen molar-refractivity contribution in [3.05, 3.63) is 28.2 Å². The van der Waals surface area contributed by atoms with Crippen LogP contribution in [0, 0.1) is 0 Å². The highest BCUT2D eigenvalue weighted by Gasteiger charge is 2.04. The average molecular weight is 288 g/mol. The second kappa shape index (κ2) is 6.50. The monoisotopic (exact) mass is 287 g/mol. The Morgan fingerprint density at radius 3 is 2.75 bits per heavy atom. The number of halogens is 1. The number of nitrogens with one attached hydrogen (secondary N) is 1. The van der Waals surface area contributed by atoms with Crippen molar-refractivity contribution in [2.75, 3.05) is 14.2 Å². The predicted octanol–water partition coefficient (Wildman–Crippen LogP) is 2.07. The van der Waals surface area contributed by atoms with Crippen molar-refractivity contribution in [1.82, 2.24) is 5.48 Å². The fourth-order valence-corrected chi connectivity index (χ4v) is 1.88. The van der Waals surface area contributed by atoms with Gasteiger partial charge in [0.1, 0.15) is 5.75 Å². The Hall–Kier alpha value is -1.07. The fraction of sp³-hybridized carbons (Fsp3) is 0.364. The molecule has 5 heteroatoms. The summed E-state index contributed by atoms with van der Waals surface area (Å²) in [6.07, 6.45) is 1.06. The van der Waals surface area contributed by atoms with E-state index in [1.165, 1.54) is 7.11 Å². The van der Waals surface area contributed by atoms with Gasteiger partial charge in [0.05, 0.1) is 18.7 Å². The second-order valence-electron chi connectivity index (χ2n) is 3.20. The van der Waals surface area contributed by atoms with Crippen LogP contribution in [0.3, 0.4) is 0 Å². The van der Waals surface area contributed by atoms with E-state index >= 15 is 0 Å². The number of amides is 1. The maximum absolute atomic E-state index is 11.2. The highest BCUT2D eigenvalue weighted by atomic mass is 79.9. The molecule has 1 amide bonds. The predicted molar refractivity (Wildman–Crippen MR) is 64.2 cm³/mol. The maximum Gasteiger partial charge on any atom is 0.243 e. The third-order valence-corrected chi connectivity index (χ3v) is 2.69. The summed E-state index contributed by atoms with van der Waals surface area (Å²) in [5.41, 5.74) is 3.35. The highest BCUT2D eigenvalue weighted by Crippen LogP contribution is 2.25. The fourth-order valence-electron chi connectivity index (χ4n) is 1.29. The van der Waals surface area contributed by atoms with E-state index in [0.717, 1.165) is 15.8 Å². The van der Waals surface area contributed by atoms with Crippen LogP contribution in [0.2, 0.25) is 0 Å². The number of aryl methyl sites for hydroxylation is 1. The molecular weight excluding hydrogens is 274 g/mol. The van der Waals surface area contributed by atoms with Crippen molar-refractivity contribution in [1.29, 1.82) is 0 Å². The zero-order chi connectivity index (χ0) is 12.0. The van der Waals surface area contributed by atoms with Crippen molar-refractivity contribution < 1.29 is 14.4 Å². The largest absolute Gasteiger partial charge is 0.496 e. The van der Waals surface area contributed by atoms with E-state index in [9.17, 15) is 4.79 Å². The third-order valence-electron chi connectivity index (χ3n) is 2.07. The summed E-state index contributed by atoms with van der Waals surface area (Å²) in [4.78, 5) is 15.7. The minimum Gasteiger partial charge on any atom is -0.496 e. The molecule has 0 bridgehead atoms. The lowest BCUT2D eigenvalue weighted by molar-refractivity contribution is -0.131. The number of methoxy groups -OCH3 is 1. The van der Waals surface area contributed by atoms with Crippen molar-refractivity contribution in [3.8, 4) is 5.75 Å². The van der Waals surface area contributed by atoms with Gasteiger partial charge in [0.2, 0.25) is 5.91 Å². The molecule has 16 heavy (non-hydrogen) atoms. The van der Waals surface area contributed by atoms with Crippen molar-refractivity contribution in [2.45, 2.75) is 12.8 Å².